The van der Waals surface area contributed by atoms with Gasteiger partial charge in [-0.2, -0.15) is 4.98 Å². The highest BCUT2D eigenvalue weighted by atomic mass is 16.5. The van der Waals surface area contributed by atoms with Crippen molar-refractivity contribution >= 4 is 17.1 Å². The number of hydrogen-bond donors (Lipinski definition) is 0. The van der Waals surface area contributed by atoms with Gasteiger partial charge in [0.1, 0.15) is 11.6 Å². The van der Waals surface area contributed by atoms with E-state index in [1.165, 1.54) is 0 Å². The van der Waals surface area contributed by atoms with Gasteiger partial charge in [0, 0.05) is 32.1 Å². The van der Waals surface area contributed by atoms with Crippen LogP contribution in [0.1, 0.15) is 24.2 Å². The second-order valence-electron chi connectivity index (χ2n) is 6.17. The van der Waals surface area contributed by atoms with Crippen LogP contribution < -0.4 is 9.64 Å². The number of nitrogens with zero attached hydrogens (tertiary/aromatic N) is 4. The largest absolute Gasteiger partial charge is 0.473 e. The van der Waals surface area contributed by atoms with E-state index in [0.717, 1.165) is 48.4 Å². The van der Waals surface area contributed by atoms with Gasteiger partial charge in [-0.3, -0.25) is 4.98 Å². The van der Waals surface area contributed by atoms with Gasteiger partial charge in [-0.15, -0.1) is 0 Å². The average molecular weight is 324 g/mol. The maximum absolute atomic E-state index is 6.06. The second-order valence-corrected chi connectivity index (χ2v) is 6.17. The summed E-state index contributed by atoms with van der Waals surface area (Å²) in [6.07, 6.45) is 3.74. The number of benzene rings is 1. The number of aromatic nitrogens is 3. The molecule has 4 rings (SSSR count). The highest BCUT2D eigenvalue weighted by molar-refractivity contribution is 5.74. The average Bonchev–Trinajstić information content (AvgIpc) is 3.03. The molecule has 124 valence electrons. The molecular weight excluding hydrogens is 304 g/mol. The van der Waals surface area contributed by atoms with Gasteiger partial charge >= 0.3 is 0 Å². The highest BCUT2D eigenvalue weighted by Gasteiger charge is 2.24. The lowest BCUT2D eigenvalue weighted by Crippen LogP contribution is -2.38. The summed E-state index contributed by atoms with van der Waals surface area (Å²) in [6, 6.07) is 8.54. The van der Waals surface area contributed by atoms with Crippen LogP contribution in [0.5, 0.6) is 5.88 Å². The van der Waals surface area contributed by atoms with Gasteiger partial charge in [-0.25, -0.2) is 4.98 Å². The third-order valence-corrected chi connectivity index (χ3v) is 4.31. The Bertz CT molecular complexity index is 820. The van der Waals surface area contributed by atoms with E-state index >= 15 is 0 Å². The van der Waals surface area contributed by atoms with Crippen molar-refractivity contribution in [3.05, 3.63) is 41.9 Å². The topological polar surface area (TPSA) is 64.3 Å². The summed E-state index contributed by atoms with van der Waals surface area (Å²) in [5.41, 5.74) is 3.44. The molecule has 24 heavy (non-hydrogen) atoms. The number of piperidine rings is 1. The Morgan fingerprint density at radius 1 is 1.12 bits per heavy atom. The van der Waals surface area contributed by atoms with Crippen LogP contribution in [0.4, 0.5) is 6.01 Å². The van der Waals surface area contributed by atoms with Crippen LogP contribution in [-0.2, 0) is 0 Å². The van der Waals surface area contributed by atoms with Crippen LogP contribution in [0.3, 0.4) is 0 Å². The number of hydrogen-bond acceptors (Lipinski definition) is 6. The molecule has 1 saturated heterocycles. The fourth-order valence-electron chi connectivity index (χ4n) is 2.95. The summed E-state index contributed by atoms with van der Waals surface area (Å²) in [4.78, 5) is 15.5. The lowest BCUT2D eigenvalue weighted by Gasteiger charge is -2.30. The Morgan fingerprint density at radius 2 is 1.92 bits per heavy atom. The first-order valence-corrected chi connectivity index (χ1v) is 8.26. The first-order chi connectivity index (χ1) is 11.7. The zero-order valence-corrected chi connectivity index (χ0v) is 13.9. The molecule has 0 N–H and O–H groups in total. The summed E-state index contributed by atoms with van der Waals surface area (Å²) in [5.74, 6) is 0.648. The van der Waals surface area contributed by atoms with Crippen LogP contribution in [0.2, 0.25) is 0 Å². The zero-order chi connectivity index (χ0) is 16.5. The van der Waals surface area contributed by atoms with Gasteiger partial charge in [0.2, 0.25) is 5.88 Å². The smallest absolute Gasteiger partial charge is 0.298 e. The van der Waals surface area contributed by atoms with Gasteiger partial charge in [0.15, 0.2) is 5.58 Å². The zero-order valence-electron chi connectivity index (χ0n) is 13.9. The molecule has 0 saturated carbocycles. The van der Waals surface area contributed by atoms with E-state index in [1.807, 2.05) is 38.1 Å². The van der Waals surface area contributed by atoms with Crippen molar-refractivity contribution in [2.75, 3.05) is 18.0 Å². The Hall–Kier alpha value is -2.63. The van der Waals surface area contributed by atoms with Gasteiger partial charge < -0.3 is 14.1 Å². The van der Waals surface area contributed by atoms with Crippen molar-refractivity contribution in [1.82, 2.24) is 15.0 Å². The molecule has 1 aromatic carbocycles. The maximum atomic E-state index is 6.06. The lowest BCUT2D eigenvalue weighted by atomic mass is 10.1. The van der Waals surface area contributed by atoms with Crippen LogP contribution in [0.25, 0.3) is 11.1 Å². The van der Waals surface area contributed by atoms with E-state index in [1.54, 1.807) is 6.20 Å². The van der Waals surface area contributed by atoms with Crippen molar-refractivity contribution in [2.45, 2.75) is 32.8 Å². The third kappa shape index (κ3) is 2.91. The van der Waals surface area contributed by atoms with E-state index in [2.05, 4.69) is 19.9 Å². The van der Waals surface area contributed by atoms with Crippen molar-refractivity contribution < 1.29 is 9.15 Å². The fourth-order valence-corrected chi connectivity index (χ4v) is 2.95. The second kappa shape index (κ2) is 6.11. The highest BCUT2D eigenvalue weighted by Crippen LogP contribution is 2.26. The number of fused-ring (bicyclic) bond motifs is 1. The predicted octanol–water partition coefficient (Wildman–Crippen LogP) is 3.28. The van der Waals surface area contributed by atoms with Crippen molar-refractivity contribution in [3.63, 3.8) is 0 Å². The SMILES string of the molecule is Cc1cnc(C)c(OC2CCN(c3nc4ccccc4o3)CC2)n1. The Morgan fingerprint density at radius 3 is 2.71 bits per heavy atom. The number of rotatable bonds is 3. The van der Waals surface area contributed by atoms with Crippen molar-refractivity contribution in [2.24, 2.45) is 0 Å². The normalized spacial score (nSPS) is 15.8. The number of ether oxygens (including phenoxy) is 1. The van der Waals surface area contributed by atoms with E-state index in [9.17, 15) is 0 Å². The summed E-state index contributed by atoms with van der Waals surface area (Å²) < 4.78 is 11.9. The van der Waals surface area contributed by atoms with Crippen LogP contribution in [-0.4, -0.2) is 34.1 Å². The molecular formula is C18H20N4O2. The quantitative estimate of drug-likeness (QED) is 0.736. The van der Waals surface area contributed by atoms with E-state index < -0.39 is 0 Å². The first kappa shape index (κ1) is 14.9. The van der Waals surface area contributed by atoms with Gasteiger partial charge in [-0.1, -0.05) is 12.1 Å². The molecule has 0 spiro atoms. The van der Waals surface area contributed by atoms with Gasteiger partial charge in [0.25, 0.3) is 6.01 Å². The molecule has 1 aliphatic rings. The maximum Gasteiger partial charge on any atom is 0.298 e. The molecule has 1 fully saturated rings. The molecule has 6 heteroatoms. The standard InChI is InChI=1S/C18H20N4O2/c1-12-11-19-13(2)17(20-12)23-14-7-9-22(10-8-14)18-21-15-5-3-4-6-16(15)24-18/h3-6,11,14H,7-10H2,1-2H3. The number of para-hydroxylation sites is 2. The molecule has 0 radical (unpaired) electrons. The lowest BCUT2D eigenvalue weighted by molar-refractivity contribution is 0.160. The summed E-state index contributed by atoms with van der Waals surface area (Å²) in [5, 5.41) is 0. The van der Waals surface area contributed by atoms with Gasteiger partial charge in [0.05, 0.1) is 11.4 Å². The molecule has 1 aliphatic heterocycles. The molecule has 0 unspecified atom stereocenters. The minimum absolute atomic E-state index is 0.153. The van der Waals surface area contributed by atoms with Gasteiger partial charge in [-0.05, 0) is 26.0 Å². The summed E-state index contributed by atoms with van der Waals surface area (Å²) in [7, 11) is 0. The molecule has 3 aromatic rings. The van der Waals surface area contributed by atoms with E-state index in [-0.39, 0.29) is 6.10 Å². The molecule has 2 aromatic heterocycles. The minimum atomic E-state index is 0.153. The summed E-state index contributed by atoms with van der Waals surface area (Å²) in [6.45, 7) is 5.57. The molecule has 0 bridgehead atoms. The first-order valence-electron chi connectivity index (χ1n) is 8.26. The van der Waals surface area contributed by atoms with Crippen LogP contribution >= 0.6 is 0 Å². The minimum Gasteiger partial charge on any atom is -0.473 e. The monoisotopic (exact) mass is 324 g/mol. The predicted molar refractivity (Wildman–Crippen MR) is 91.4 cm³/mol. The summed E-state index contributed by atoms with van der Waals surface area (Å²) >= 11 is 0. The number of aryl methyl sites for hydroxylation is 2. The molecule has 0 atom stereocenters. The molecule has 0 amide bonds. The van der Waals surface area contributed by atoms with E-state index in [0.29, 0.717) is 11.9 Å². The molecule has 0 aliphatic carbocycles. The van der Waals surface area contributed by atoms with Crippen LogP contribution in [0.15, 0.2) is 34.9 Å². The number of anilines is 1. The Kier molecular flexibility index (Phi) is 3.80. The van der Waals surface area contributed by atoms with Crippen molar-refractivity contribution in [3.8, 4) is 5.88 Å². The third-order valence-electron chi connectivity index (χ3n) is 4.31. The fraction of sp³-hybridized carbons (Fsp3) is 0.389. The van der Waals surface area contributed by atoms with E-state index in [4.69, 9.17) is 9.15 Å². The number of oxazole rings is 1. The van der Waals surface area contributed by atoms with Crippen molar-refractivity contribution in [1.29, 1.82) is 0 Å². The van der Waals surface area contributed by atoms with Crippen LogP contribution in [0, 0.1) is 13.8 Å². The Balaban J connectivity index is 1.42. The molecule has 3 heterocycles. The molecule has 6 nitrogen and oxygen atoms in total. The Labute approximate surface area is 140 Å².